The highest BCUT2D eigenvalue weighted by Crippen LogP contribution is 2.29. The summed E-state index contributed by atoms with van der Waals surface area (Å²) in [6, 6.07) is 11.2. The fraction of sp³-hybridized carbons (Fsp3) is 0.471. The van der Waals surface area contributed by atoms with Crippen molar-refractivity contribution in [2.45, 2.75) is 38.1 Å². The van der Waals surface area contributed by atoms with E-state index >= 15 is 0 Å². The van der Waals surface area contributed by atoms with Crippen molar-refractivity contribution < 1.29 is 0 Å². The number of hydrogen-bond acceptors (Lipinski definition) is 2. The van der Waals surface area contributed by atoms with Crippen molar-refractivity contribution in [3.05, 3.63) is 53.3 Å². The maximum atomic E-state index is 4.41. The Morgan fingerprint density at radius 2 is 2.15 bits per heavy atom. The van der Waals surface area contributed by atoms with Crippen LogP contribution in [-0.4, -0.2) is 16.3 Å². The zero-order valence-electron chi connectivity index (χ0n) is 12.3. The molecule has 1 aromatic carbocycles. The molecule has 0 bridgehead atoms. The second kappa shape index (κ2) is 5.80. The molecule has 0 aliphatic heterocycles. The molecule has 1 aliphatic rings. The van der Waals surface area contributed by atoms with Gasteiger partial charge in [0.05, 0.1) is 6.20 Å². The zero-order chi connectivity index (χ0) is 13.9. The number of nitrogens with one attached hydrogen (secondary N) is 1. The van der Waals surface area contributed by atoms with Gasteiger partial charge >= 0.3 is 0 Å². The van der Waals surface area contributed by atoms with Gasteiger partial charge in [0, 0.05) is 30.9 Å². The molecule has 1 heterocycles. The molecule has 0 amide bonds. The maximum absolute atomic E-state index is 4.41. The van der Waals surface area contributed by atoms with E-state index in [0.29, 0.717) is 12.0 Å². The van der Waals surface area contributed by atoms with Crippen LogP contribution in [-0.2, 0) is 13.5 Å². The van der Waals surface area contributed by atoms with Crippen LogP contribution in [0.3, 0.4) is 0 Å². The van der Waals surface area contributed by atoms with E-state index in [1.165, 1.54) is 29.7 Å². The number of benzene rings is 1. The van der Waals surface area contributed by atoms with Crippen molar-refractivity contribution in [1.82, 2.24) is 15.1 Å². The van der Waals surface area contributed by atoms with Crippen LogP contribution in [0.15, 0.2) is 36.5 Å². The standard InChI is InChI=1S/C17H23N3/c1-13(14-7-4-3-5-8-14)11-18-16-9-6-10-17-15(16)12-19-20(17)2/h3-5,7-8,12-13,16,18H,6,9-11H2,1-2H3. The molecule has 2 atom stereocenters. The quantitative estimate of drug-likeness (QED) is 0.924. The lowest BCUT2D eigenvalue weighted by atomic mass is 9.92. The lowest BCUT2D eigenvalue weighted by Crippen LogP contribution is -2.28. The summed E-state index contributed by atoms with van der Waals surface area (Å²) in [5, 5.41) is 8.15. The first-order chi connectivity index (χ1) is 9.75. The van der Waals surface area contributed by atoms with Gasteiger partial charge < -0.3 is 5.32 Å². The molecule has 3 nitrogen and oxygen atoms in total. The Bertz CT molecular complexity index is 559. The van der Waals surface area contributed by atoms with Gasteiger partial charge in [0.1, 0.15) is 0 Å². The smallest absolute Gasteiger partial charge is 0.0540 e. The summed E-state index contributed by atoms with van der Waals surface area (Å²) >= 11 is 0. The minimum atomic E-state index is 0.471. The summed E-state index contributed by atoms with van der Waals surface area (Å²) in [4.78, 5) is 0. The Balaban J connectivity index is 1.65. The first-order valence-corrected chi connectivity index (χ1v) is 7.55. The SMILES string of the molecule is CC(CNC1CCCc2c1cnn2C)c1ccccc1. The highest BCUT2D eigenvalue weighted by Gasteiger charge is 2.23. The average Bonchev–Trinajstić information content (AvgIpc) is 2.88. The molecule has 1 aromatic heterocycles. The summed E-state index contributed by atoms with van der Waals surface area (Å²) in [6.07, 6.45) is 5.68. The molecule has 0 spiro atoms. The summed E-state index contributed by atoms with van der Waals surface area (Å²) < 4.78 is 2.03. The molecule has 0 saturated heterocycles. The molecule has 2 aromatic rings. The molecule has 2 unspecified atom stereocenters. The van der Waals surface area contributed by atoms with Gasteiger partial charge in [-0.25, -0.2) is 0 Å². The minimum Gasteiger partial charge on any atom is -0.309 e. The second-order valence-corrected chi connectivity index (χ2v) is 5.84. The molecule has 0 saturated carbocycles. The van der Waals surface area contributed by atoms with Crippen molar-refractivity contribution in [2.75, 3.05) is 6.54 Å². The minimum absolute atomic E-state index is 0.471. The first kappa shape index (κ1) is 13.4. The molecule has 0 fully saturated rings. The number of aromatic nitrogens is 2. The maximum Gasteiger partial charge on any atom is 0.0540 e. The third-order valence-electron chi connectivity index (χ3n) is 4.41. The van der Waals surface area contributed by atoms with Crippen LogP contribution in [0.4, 0.5) is 0 Å². The molecule has 106 valence electrons. The van der Waals surface area contributed by atoms with Gasteiger partial charge in [-0.15, -0.1) is 0 Å². The fourth-order valence-electron chi connectivity index (χ4n) is 3.14. The zero-order valence-corrected chi connectivity index (χ0v) is 12.3. The van der Waals surface area contributed by atoms with Crippen LogP contribution in [0.1, 0.15) is 48.5 Å². The lowest BCUT2D eigenvalue weighted by Gasteiger charge is -2.25. The largest absolute Gasteiger partial charge is 0.309 e. The molecule has 0 radical (unpaired) electrons. The summed E-state index contributed by atoms with van der Waals surface area (Å²) in [6.45, 7) is 3.30. The highest BCUT2D eigenvalue weighted by molar-refractivity contribution is 5.25. The van der Waals surface area contributed by atoms with Gasteiger partial charge in [0.15, 0.2) is 0 Å². The summed E-state index contributed by atoms with van der Waals surface area (Å²) in [7, 11) is 2.05. The Morgan fingerprint density at radius 3 is 2.95 bits per heavy atom. The Hall–Kier alpha value is -1.61. The lowest BCUT2D eigenvalue weighted by molar-refractivity contribution is 0.440. The Kier molecular flexibility index (Phi) is 3.88. The molecule has 20 heavy (non-hydrogen) atoms. The van der Waals surface area contributed by atoms with E-state index in [4.69, 9.17) is 0 Å². The number of fused-ring (bicyclic) bond motifs is 1. The van der Waals surface area contributed by atoms with Crippen molar-refractivity contribution in [2.24, 2.45) is 7.05 Å². The van der Waals surface area contributed by atoms with Crippen molar-refractivity contribution in [3.8, 4) is 0 Å². The van der Waals surface area contributed by atoms with Crippen LogP contribution in [0, 0.1) is 0 Å². The van der Waals surface area contributed by atoms with Gasteiger partial charge in [0.25, 0.3) is 0 Å². The van der Waals surface area contributed by atoms with E-state index in [1.807, 2.05) is 17.9 Å². The van der Waals surface area contributed by atoms with Crippen LogP contribution in [0.2, 0.25) is 0 Å². The number of nitrogens with zero attached hydrogens (tertiary/aromatic N) is 2. The third-order valence-corrected chi connectivity index (χ3v) is 4.41. The molecular weight excluding hydrogens is 246 g/mol. The molecular formula is C17H23N3. The second-order valence-electron chi connectivity index (χ2n) is 5.84. The van der Waals surface area contributed by atoms with Crippen LogP contribution < -0.4 is 5.32 Å². The molecule has 1 aliphatic carbocycles. The summed E-state index contributed by atoms with van der Waals surface area (Å²) in [5.41, 5.74) is 4.21. The van der Waals surface area contributed by atoms with Gasteiger partial charge in [-0.3, -0.25) is 4.68 Å². The topological polar surface area (TPSA) is 29.9 Å². The van der Waals surface area contributed by atoms with Crippen LogP contribution >= 0.6 is 0 Å². The molecule has 3 heteroatoms. The van der Waals surface area contributed by atoms with Crippen molar-refractivity contribution in [3.63, 3.8) is 0 Å². The van der Waals surface area contributed by atoms with E-state index in [-0.39, 0.29) is 0 Å². The average molecular weight is 269 g/mol. The van der Waals surface area contributed by atoms with Gasteiger partial charge in [-0.05, 0) is 30.7 Å². The fourth-order valence-corrected chi connectivity index (χ4v) is 3.14. The van der Waals surface area contributed by atoms with Gasteiger partial charge in [-0.2, -0.15) is 5.10 Å². The highest BCUT2D eigenvalue weighted by atomic mass is 15.3. The van der Waals surface area contributed by atoms with E-state index in [0.717, 1.165) is 13.0 Å². The number of hydrogen-bond donors (Lipinski definition) is 1. The number of rotatable bonds is 4. The third kappa shape index (κ3) is 2.63. The van der Waals surface area contributed by atoms with Crippen molar-refractivity contribution in [1.29, 1.82) is 0 Å². The van der Waals surface area contributed by atoms with Crippen LogP contribution in [0.5, 0.6) is 0 Å². The van der Waals surface area contributed by atoms with Gasteiger partial charge in [0.2, 0.25) is 0 Å². The predicted octanol–water partition coefficient (Wildman–Crippen LogP) is 3.19. The predicted molar refractivity (Wildman–Crippen MR) is 81.7 cm³/mol. The van der Waals surface area contributed by atoms with E-state index in [9.17, 15) is 0 Å². The van der Waals surface area contributed by atoms with E-state index in [1.54, 1.807) is 0 Å². The van der Waals surface area contributed by atoms with E-state index < -0.39 is 0 Å². The first-order valence-electron chi connectivity index (χ1n) is 7.55. The van der Waals surface area contributed by atoms with Crippen LogP contribution in [0.25, 0.3) is 0 Å². The summed E-state index contributed by atoms with van der Waals surface area (Å²) in [5.74, 6) is 0.540. The molecule has 1 N–H and O–H groups in total. The Labute approximate surface area is 121 Å². The monoisotopic (exact) mass is 269 g/mol. The van der Waals surface area contributed by atoms with E-state index in [2.05, 4.69) is 47.7 Å². The number of aryl methyl sites for hydroxylation is 1. The van der Waals surface area contributed by atoms with Crippen molar-refractivity contribution >= 4 is 0 Å². The molecule has 3 rings (SSSR count). The normalized spacial score (nSPS) is 19.6. The Morgan fingerprint density at radius 1 is 1.35 bits per heavy atom. The van der Waals surface area contributed by atoms with Gasteiger partial charge in [-0.1, -0.05) is 37.3 Å².